The third-order valence-corrected chi connectivity index (χ3v) is 4.53. The zero-order valence-electron chi connectivity index (χ0n) is 14.4. The molecule has 4 nitrogen and oxygen atoms in total. The molecule has 1 unspecified atom stereocenters. The van der Waals surface area contributed by atoms with E-state index in [0.29, 0.717) is 0 Å². The quantitative estimate of drug-likeness (QED) is 0.835. The molecule has 3 rings (SSSR count). The first-order valence-corrected chi connectivity index (χ1v) is 8.43. The Labute approximate surface area is 143 Å². The van der Waals surface area contributed by atoms with Crippen LogP contribution in [0.3, 0.4) is 0 Å². The lowest BCUT2D eigenvalue weighted by Gasteiger charge is -2.20. The SMILES string of the molecule is CCN(CC)c1ccc(N=CC2C(=O)Nc3cccc(C)c32)cc1. The Morgan fingerprint density at radius 1 is 1.12 bits per heavy atom. The molecule has 1 aliphatic heterocycles. The minimum atomic E-state index is -0.316. The molecule has 124 valence electrons. The zero-order chi connectivity index (χ0) is 17.1. The Balaban J connectivity index is 1.81. The maximum Gasteiger partial charge on any atom is 0.237 e. The highest BCUT2D eigenvalue weighted by Gasteiger charge is 2.30. The van der Waals surface area contributed by atoms with Crippen molar-refractivity contribution in [3.05, 3.63) is 53.6 Å². The largest absolute Gasteiger partial charge is 0.372 e. The lowest BCUT2D eigenvalue weighted by molar-refractivity contribution is -0.115. The number of carbonyl (C=O) groups is 1. The summed E-state index contributed by atoms with van der Waals surface area (Å²) in [4.78, 5) is 19.0. The van der Waals surface area contributed by atoms with Crippen LogP contribution in [-0.4, -0.2) is 25.2 Å². The van der Waals surface area contributed by atoms with Crippen LogP contribution in [0.5, 0.6) is 0 Å². The molecule has 2 aromatic carbocycles. The van der Waals surface area contributed by atoms with E-state index in [1.807, 2.05) is 37.3 Å². The van der Waals surface area contributed by atoms with Gasteiger partial charge in [-0.25, -0.2) is 0 Å². The van der Waals surface area contributed by atoms with Crippen molar-refractivity contribution in [1.82, 2.24) is 0 Å². The molecule has 0 bridgehead atoms. The van der Waals surface area contributed by atoms with Crippen molar-refractivity contribution in [2.45, 2.75) is 26.7 Å². The average molecular weight is 321 g/mol. The summed E-state index contributed by atoms with van der Waals surface area (Å²) in [5, 5.41) is 2.93. The fourth-order valence-electron chi connectivity index (χ4n) is 3.19. The van der Waals surface area contributed by atoms with Gasteiger partial charge in [0, 0.05) is 30.7 Å². The van der Waals surface area contributed by atoms with E-state index >= 15 is 0 Å². The van der Waals surface area contributed by atoms with E-state index in [0.717, 1.165) is 35.6 Å². The van der Waals surface area contributed by atoms with Gasteiger partial charge in [-0.05, 0) is 62.2 Å². The van der Waals surface area contributed by atoms with Gasteiger partial charge in [0.15, 0.2) is 0 Å². The first kappa shape index (κ1) is 16.2. The van der Waals surface area contributed by atoms with Crippen LogP contribution in [0.1, 0.15) is 30.9 Å². The molecule has 0 fully saturated rings. The average Bonchev–Trinajstić information content (AvgIpc) is 2.92. The highest BCUT2D eigenvalue weighted by molar-refractivity contribution is 6.13. The van der Waals surface area contributed by atoms with Crippen LogP contribution in [0.2, 0.25) is 0 Å². The van der Waals surface area contributed by atoms with Crippen LogP contribution >= 0.6 is 0 Å². The number of hydrogen-bond donors (Lipinski definition) is 1. The van der Waals surface area contributed by atoms with Gasteiger partial charge in [-0.1, -0.05) is 12.1 Å². The van der Waals surface area contributed by atoms with Crippen molar-refractivity contribution in [3.63, 3.8) is 0 Å². The normalized spacial score (nSPS) is 16.3. The van der Waals surface area contributed by atoms with E-state index in [1.165, 1.54) is 5.69 Å². The van der Waals surface area contributed by atoms with Crippen LogP contribution in [0.15, 0.2) is 47.5 Å². The highest BCUT2D eigenvalue weighted by Crippen LogP contribution is 2.34. The van der Waals surface area contributed by atoms with Gasteiger partial charge < -0.3 is 10.2 Å². The van der Waals surface area contributed by atoms with Gasteiger partial charge in [-0.3, -0.25) is 9.79 Å². The summed E-state index contributed by atoms with van der Waals surface area (Å²) in [6.07, 6.45) is 1.75. The molecule has 0 radical (unpaired) electrons. The predicted octanol–water partition coefficient (Wildman–Crippen LogP) is 4.28. The van der Waals surface area contributed by atoms with E-state index in [9.17, 15) is 4.79 Å². The second kappa shape index (κ2) is 6.87. The first-order chi connectivity index (χ1) is 11.6. The standard InChI is InChI=1S/C20H23N3O/c1-4-23(5-2)16-11-9-15(10-12-16)21-13-17-19-14(3)7-6-8-18(19)22-20(17)24/h6-13,17H,4-5H2,1-3H3,(H,22,24). The van der Waals surface area contributed by atoms with Crippen molar-refractivity contribution < 1.29 is 4.79 Å². The monoisotopic (exact) mass is 321 g/mol. The van der Waals surface area contributed by atoms with Crippen molar-refractivity contribution in [3.8, 4) is 0 Å². The number of benzene rings is 2. The molecule has 0 spiro atoms. The number of rotatable bonds is 5. The third-order valence-electron chi connectivity index (χ3n) is 4.53. The molecule has 1 amide bonds. The van der Waals surface area contributed by atoms with Gasteiger partial charge in [-0.2, -0.15) is 0 Å². The number of nitrogens with one attached hydrogen (secondary N) is 1. The number of aryl methyl sites for hydroxylation is 1. The number of amides is 1. The van der Waals surface area contributed by atoms with Crippen molar-refractivity contribution in [1.29, 1.82) is 0 Å². The van der Waals surface area contributed by atoms with E-state index in [1.54, 1.807) is 6.21 Å². The van der Waals surface area contributed by atoms with Gasteiger partial charge in [0.2, 0.25) is 5.91 Å². The van der Waals surface area contributed by atoms with Crippen LogP contribution < -0.4 is 10.2 Å². The van der Waals surface area contributed by atoms with E-state index in [-0.39, 0.29) is 11.8 Å². The molecule has 1 N–H and O–H groups in total. The van der Waals surface area contributed by atoms with Gasteiger partial charge in [-0.15, -0.1) is 0 Å². The Kier molecular flexibility index (Phi) is 4.65. The molecule has 24 heavy (non-hydrogen) atoms. The van der Waals surface area contributed by atoms with Crippen molar-refractivity contribution in [2.75, 3.05) is 23.3 Å². The molecule has 1 heterocycles. The summed E-state index contributed by atoms with van der Waals surface area (Å²) in [7, 11) is 0. The molecule has 1 aliphatic rings. The summed E-state index contributed by atoms with van der Waals surface area (Å²) in [5.41, 5.74) is 5.10. The Hall–Kier alpha value is -2.62. The maximum absolute atomic E-state index is 12.2. The fraction of sp³-hybridized carbons (Fsp3) is 0.300. The van der Waals surface area contributed by atoms with E-state index in [2.05, 4.69) is 41.2 Å². The lowest BCUT2D eigenvalue weighted by atomic mass is 9.97. The highest BCUT2D eigenvalue weighted by atomic mass is 16.2. The Bertz CT molecular complexity index is 761. The van der Waals surface area contributed by atoms with Crippen molar-refractivity contribution in [2.24, 2.45) is 4.99 Å². The Morgan fingerprint density at radius 3 is 2.50 bits per heavy atom. The van der Waals surface area contributed by atoms with E-state index < -0.39 is 0 Å². The van der Waals surface area contributed by atoms with Crippen LogP contribution in [-0.2, 0) is 4.79 Å². The number of carbonyl (C=O) groups excluding carboxylic acids is 1. The molecule has 0 aromatic heterocycles. The molecular formula is C20H23N3O. The van der Waals surface area contributed by atoms with E-state index in [4.69, 9.17) is 0 Å². The molecule has 4 heteroatoms. The second-order valence-corrected chi connectivity index (χ2v) is 5.97. The number of hydrogen-bond acceptors (Lipinski definition) is 3. The van der Waals surface area contributed by atoms with Gasteiger partial charge in [0.25, 0.3) is 0 Å². The van der Waals surface area contributed by atoms with Gasteiger partial charge in [0.1, 0.15) is 5.92 Å². The molecule has 2 aromatic rings. The summed E-state index contributed by atoms with van der Waals surface area (Å²) >= 11 is 0. The van der Waals surface area contributed by atoms with Gasteiger partial charge >= 0.3 is 0 Å². The molecule has 1 atom stereocenters. The molecular weight excluding hydrogens is 298 g/mol. The van der Waals surface area contributed by atoms with Crippen molar-refractivity contribution >= 4 is 29.2 Å². The predicted molar refractivity (Wildman–Crippen MR) is 101 cm³/mol. The number of nitrogens with zero attached hydrogens (tertiary/aromatic N) is 2. The number of anilines is 2. The molecule has 0 aliphatic carbocycles. The second-order valence-electron chi connectivity index (χ2n) is 5.97. The topological polar surface area (TPSA) is 44.7 Å². The summed E-state index contributed by atoms with van der Waals surface area (Å²) < 4.78 is 0. The summed E-state index contributed by atoms with van der Waals surface area (Å²) in [5.74, 6) is -0.327. The van der Waals surface area contributed by atoms with Gasteiger partial charge in [0.05, 0.1) is 5.69 Å². The minimum absolute atomic E-state index is 0.0113. The van der Waals surface area contributed by atoms with Crippen LogP contribution in [0.25, 0.3) is 0 Å². The summed E-state index contributed by atoms with van der Waals surface area (Å²) in [6, 6.07) is 14.1. The zero-order valence-corrected chi connectivity index (χ0v) is 14.4. The third kappa shape index (κ3) is 3.04. The number of fused-ring (bicyclic) bond motifs is 1. The maximum atomic E-state index is 12.2. The summed E-state index contributed by atoms with van der Waals surface area (Å²) in [6.45, 7) is 8.29. The molecule has 0 saturated heterocycles. The minimum Gasteiger partial charge on any atom is -0.372 e. The fourth-order valence-corrected chi connectivity index (χ4v) is 3.19. The molecule has 0 saturated carbocycles. The Morgan fingerprint density at radius 2 is 1.83 bits per heavy atom. The lowest BCUT2D eigenvalue weighted by Crippen LogP contribution is -2.21. The van der Waals surface area contributed by atoms with Crippen LogP contribution in [0.4, 0.5) is 17.1 Å². The smallest absolute Gasteiger partial charge is 0.237 e. The number of aliphatic imine (C=N–C) groups is 1. The van der Waals surface area contributed by atoms with Crippen LogP contribution in [0, 0.1) is 6.92 Å². The first-order valence-electron chi connectivity index (χ1n) is 8.43.